The monoisotopic (exact) mass is 396 g/mol. The summed E-state index contributed by atoms with van der Waals surface area (Å²) in [5.74, 6) is 0. The number of aryl methyl sites for hydroxylation is 2. The Hall–Kier alpha value is 0.0187. The van der Waals surface area contributed by atoms with Crippen molar-refractivity contribution >= 4 is 22.0 Å². The maximum absolute atomic E-state index is 2.37. The summed E-state index contributed by atoms with van der Waals surface area (Å²) >= 11 is -2.22. The summed E-state index contributed by atoms with van der Waals surface area (Å²) in [6.45, 7) is 11.8. The van der Waals surface area contributed by atoms with Crippen molar-refractivity contribution in [2.24, 2.45) is 0 Å². The summed E-state index contributed by atoms with van der Waals surface area (Å²) < 4.78 is 6.63. The van der Waals surface area contributed by atoms with Gasteiger partial charge in [0.25, 0.3) is 0 Å². The molecule has 1 rings (SSSR count). The van der Waals surface area contributed by atoms with Crippen molar-refractivity contribution in [3.8, 4) is 0 Å². The van der Waals surface area contributed by atoms with Crippen LogP contribution < -0.4 is 3.58 Å². The molecular weight excluding hydrogens is 359 g/mol. The van der Waals surface area contributed by atoms with Crippen LogP contribution >= 0.6 is 0 Å². The molecule has 0 unspecified atom stereocenters. The molecule has 0 spiro atoms. The van der Waals surface area contributed by atoms with Crippen molar-refractivity contribution in [1.29, 1.82) is 0 Å². The predicted molar refractivity (Wildman–Crippen MR) is 100 cm³/mol. The molecule has 0 heterocycles. The van der Waals surface area contributed by atoms with Crippen LogP contribution in [-0.2, 0) is 0 Å². The molecule has 0 fully saturated rings. The van der Waals surface area contributed by atoms with Crippen LogP contribution in [-0.4, -0.2) is 18.4 Å². The van der Waals surface area contributed by atoms with Gasteiger partial charge in [-0.2, -0.15) is 0 Å². The second-order valence-electron chi connectivity index (χ2n) is 6.86. The molecule has 1 heteroatoms. The van der Waals surface area contributed by atoms with E-state index in [1.165, 1.54) is 38.5 Å². The van der Waals surface area contributed by atoms with Crippen molar-refractivity contribution in [1.82, 2.24) is 0 Å². The molecule has 0 aromatic heterocycles. The van der Waals surface area contributed by atoms with Crippen LogP contribution in [0.2, 0.25) is 13.3 Å². The van der Waals surface area contributed by atoms with Gasteiger partial charge in [-0.25, -0.2) is 0 Å². The predicted octanol–water partition coefficient (Wildman–Crippen LogP) is 6.36. The van der Waals surface area contributed by atoms with Crippen LogP contribution in [0.15, 0.2) is 18.2 Å². The van der Waals surface area contributed by atoms with E-state index in [-0.39, 0.29) is 0 Å². The zero-order valence-corrected chi connectivity index (χ0v) is 18.0. The topological polar surface area (TPSA) is 0 Å². The van der Waals surface area contributed by atoms with E-state index in [1.54, 1.807) is 24.4 Å². The van der Waals surface area contributed by atoms with Crippen LogP contribution in [0, 0.1) is 13.8 Å². The first-order valence-electron chi connectivity index (χ1n) is 9.18. The molecule has 0 amide bonds. The molecule has 120 valence electrons. The van der Waals surface area contributed by atoms with Gasteiger partial charge in [0, 0.05) is 0 Å². The van der Waals surface area contributed by atoms with Gasteiger partial charge < -0.3 is 0 Å². The van der Waals surface area contributed by atoms with Crippen molar-refractivity contribution in [2.75, 3.05) is 0 Å². The molecule has 0 saturated carbocycles. The maximum atomic E-state index is 2.37. The van der Waals surface area contributed by atoms with Crippen LogP contribution in [0.4, 0.5) is 0 Å². The first-order valence-corrected chi connectivity index (χ1v) is 16.7. The van der Waals surface area contributed by atoms with Crippen LogP contribution in [0.1, 0.15) is 70.4 Å². The Morgan fingerprint density at radius 3 is 1.43 bits per heavy atom. The normalized spacial score (nSPS) is 11.9. The molecule has 0 atom stereocenters. The number of unbranched alkanes of at least 4 members (excludes halogenated alkanes) is 3. The third-order valence-corrected chi connectivity index (χ3v) is 21.5. The van der Waals surface area contributed by atoms with Crippen molar-refractivity contribution in [2.45, 2.75) is 86.5 Å². The SMILES string of the molecule is CCC[CH2][Sn]([CH2]CCC)([CH2]CCC)[c]1c(C)cccc1C. The van der Waals surface area contributed by atoms with E-state index in [9.17, 15) is 0 Å². The third-order valence-electron chi connectivity index (χ3n) is 5.04. The van der Waals surface area contributed by atoms with Gasteiger partial charge in [-0.3, -0.25) is 0 Å². The molecule has 0 saturated heterocycles. The Morgan fingerprint density at radius 2 is 1.10 bits per heavy atom. The fraction of sp³-hybridized carbons (Fsp3) is 0.700. The summed E-state index contributed by atoms with van der Waals surface area (Å²) in [5, 5.41) is 0. The Labute approximate surface area is 137 Å². The van der Waals surface area contributed by atoms with Gasteiger partial charge in [0.1, 0.15) is 0 Å². The van der Waals surface area contributed by atoms with Crippen LogP contribution in [0.3, 0.4) is 0 Å². The Balaban J connectivity index is 3.23. The number of benzene rings is 1. The fourth-order valence-corrected chi connectivity index (χ4v) is 22.3. The molecule has 0 aliphatic heterocycles. The van der Waals surface area contributed by atoms with E-state index in [2.05, 4.69) is 52.8 Å². The van der Waals surface area contributed by atoms with Gasteiger partial charge in [0.05, 0.1) is 0 Å². The molecule has 0 N–H and O–H groups in total. The average Bonchev–Trinajstić information content (AvgIpc) is 2.48. The standard InChI is InChI=1S/C8H9.3C4H9.Sn/c1-7-4-3-5-8(2)6-7;3*1-3-4-2;/h3-5H,1-2H3;3*1,3-4H2,2H3;. The molecule has 0 nitrogen and oxygen atoms in total. The molecule has 0 bridgehead atoms. The summed E-state index contributed by atoms with van der Waals surface area (Å²) in [7, 11) is 0. The molecule has 0 radical (unpaired) electrons. The van der Waals surface area contributed by atoms with Crippen molar-refractivity contribution in [3.63, 3.8) is 0 Å². The molecule has 0 aliphatic carbocycles. The summed E-state index contributed by atoms with van der Waals surface area (Å²) in [6, 6.07) is 7.00. The Kier molecular flexibility index (Phi) is 9.01. The van der Waals surface area contributed by atoms with Gasteiger partial charge in [-0.15, -0.1) is 0 Å². The van der Waals surface area contributed by atoms with Crippen LogP contribution in [0.25, 0.3) is 0 Å². The van der Waals surface area contributed by atoms with E-state index >= 15 is 0 Å². The quantitative estimate of drug-likeness (QED) is 0.405. The zero-order valence-electron chi connectivity index (χ0n) is 15.1. The number of rotatable bonds is 10. The molecule has 0 aliphatic rings. The minimum absolute atomic E-state index is 1.36. The molecule has 1 aromatic carbocycles. The van der Waals surface area contributed by atoms with Gasteiger partial charge >= 0.3 is 138 Å². The zero-order chi connectivity index (χ0) is 15.7. The third kappa shape index (κ3) is 5.30. The average molecular weight is 395 g/mol. The first-order chi connectivity index (χ1) is 10.1. The summed E-state index contributed by atoms with van der Waals surface area (Å²) in [5.41, 5.74) is 3.21. The fourth-order valence-electron chi connectivity index (χ4n) is 3.95. The Morgan fingerprint density at radius 1 is 0.714 bits per heavy atom. The summed E-state index contributed by atoms with van der Waals surface area (Å²) in [6.07, 6.45) is 8.46. The molecule has 21 heavy (non-hydrogen) atoms. The Bertz CT molecular complexity index is 366. The van der Waals surface area contributed by atoms with Crippen molar-refractivity contribution in [3.05, 3.63) is 29.3 Å². The van der Waals surface area contributed by atoms with Gasteiger partial charge in [0.15, 0.2) is 0 Å². The van der Waals surface area contributed by atoms with E-state index in [1.807, 2.05) is 3.58 Å². The first kappa shape index (κ1) is 19.1. The number of hydrogen-bond donors (Lipinski definition) is 0. The van der Waals surface area contributed by atoms with Gasteiger partial charge in [-0.1, -0.05) is 0 Å². The second-order valence-corrected chi connectivity index (χ2v) is 19.9. The van der Waals surface area contributed by atoms with Gasteiger partial charge in [0.2, 0.25) is 0 Å². The minimum atomic E-state index is -2.22. The van der Waals surface area contributed by atoms with Crippen molar-refractivity contribution < 1.29 is 0 Å². The number of hydrogen-bond acceptors (Lipinski definition) is 0. The van der Waals surface area contributed by atoms with E-state index in [0.717, 1.165) is 0 Å². The molecule has 1 aromatic rings. The van der Waals surface area contributed by atoms with Gasteiger partial charge in [-0.05, 0) is 0 Å². The van der Waals surface area contributed by atoms with Crippen LogP contribution in [0.5, 0.6) is 0 Å². The second kappa shape index (κ2) is 9.92. The van der Waals surface area contributed by atoms with E-state index in [4.69, 9.17) is 0 Å². The summed E-state index contributed by atoms with van der Waals surface area (Å²) in [4.78, 5) is 0. The van der Waals surface area contributed by atoms with E-state index in [0.29, 0.717) is 0 Å². The van der Waals surface area contributed by atoms with E-state index < -0.39 is 18.4 Å². The molecular formula is C20H36Sn.